The summed E-state index contributed by atoms with van der Waals surface area (Å²) < 4.78 is 0. The average Bonchev–Trinajstić information content (AvgIpc) is 2.74. The molecular weight excluding hydrogens is 242 g/mol. The summed E-state index contributed by atoms with van der Waals surface area (Å²) in [5.41, 5.74) is 5.73. The van der Waals surface area contributed by atoms with E-state index < -0.39 is 0 Å². The van der Waals surface area contributed by atoms with Gasteiger partial charge in [-0.2, -0.15) is 5.26 Å². The lowest BCUT2D eigenvalue weighted by molar-refractivity contribution is 0.923. The number of nitriles is 1. The van der Waals surface area contributed by atoms with Crippen molar-refractivity contribution in [3.63, 3.8) is 0 Å². The summed E-state index contributed by atoms with van der Waals surface area (Å²) in [6.45, 7) is 4.80. The summed E-state index contributed by atoms with van der Waals surface area (Å²) in [4.78, 5) is 7.58. The smallest absolute Gasteiger partial charge is 0.101 e. The van der Waals surface area contributed by atoms with Crippen molar-refractivity contribution in [1.29, 1.82) is 5.26 Å². The van der Waals surface area contributed by atoms with Crippen LogP contribution in [0.3, 0.4) is 0 Å². The molecule has 0 saturated heterocycles. The van der Waals surface area contributed by atoms with Gasteiger partial charge < -0.3 is 4.90 Å². The van der Waals surface area contributed by atoms with Crippen LogP contribution in [0, 0.1) is 25.2 Å². The lowest BCUT2D eigenvalue weighted by Gasteiger charge is -2.20. The number of hydrogen-bond donors (Lipinski definition) is 0. The quantitative estimate of drug-likeness (QED) is 0.847. The number of aromatic nitrogens is 1. The molecule has 0 unspecified atom stereocenters. The molecule has 2 aromatic rings. The van der Waals surface area contributed by atoms with Crippen molar-refractivity contribution in [2.45, 2.75) is 20.4 Å². The van der Waals surface area contributed by atoms with Crippen molar-refractivity contribution in [1.82, 2.24) is 4.98 Å². The predicted molar refractivity (Wildman–Crippen MR) is 74.9 cm³/mol. The van der Waals surface area contributed by atoms with Crippen LogP contribution in [0.15, 0.2) is 23.7 Å². The fourth-order valence-electron chi connectivity index (χ4n) is 1.85. The third-order valence-electron chi connectivity index (χ3n) is 2.91. The molecule has 0 bridgehead atoms. The Morgan fingerprint density at radius 1 is 1.39 bits per heavy atom. The maximum absolute atomic E-state index is 9.19. The summed E-state index contributed by atoms with van der Waals surface area (Å²) in [5.74, 6) is 0. The molecule has 0 saturated carbocycles. The Bertz CT molecular complexity index is 595. The monoisotopic (exact) mass is 257 g/mol. The molecule has 92 valence electrons. The van der Waals surface area contributed by atoms with Gasteiger partial charge in [-0.15, -0.1) is 11.3 Å². The van der Waals surface area contributed by atoms with E-state index in [2.05, 4.69) is 16.0 Å². The molecule has 4 heteroatoms. The zero-order valence-corrected chi connectivity index (χ0v) is 11.6. The van der Waals surface area contributed by atoms with Gasteiger partial charge in [-0.25, -0.2) is 4.98 Å². The maximum Gasteiger partial charge on any atom is 0.101 e. The number of nitrogens with zero attached hydrogens (tertiary/aromatic N) is 3. The van der Waals surface area contributed by atoms with Crippen LogP contribution in [-0.4, -0.2) is 12.0 Å². The van der Waals surface area contributed by atoms with Gasteiger partial charge >= 0.3 is 0 Å². The fourth-order valence-corrected chi connectivity index (χ4v) is 2.68. The molecule has 1 heterocycles. The van der Waals surface area contributed by atoms with E-state index in [0.29, 0.717) is 0 Å². The second-order valence-electron chi connectivity index (χ2n) is 4.35. The van der Waals surface area contributed by atoms with E-state index in [4.69, 9.17) is 0 Å². The molecule has 0 radical (unpaired) electrons. The van der Waals surface area contributed by atoms with Crippen molar-refractivity contribution in [2.24, 2.45) is 0 Å². The standard InChI is InChI=1S/C14H15N3S/c1-10-4-5-13(12(6-10)7-15)17(3)8-14-11(2)16-9-18-14/h4-6,9H,8H2,1-3H3. The Balaban J connectivity index is 2.27. The second kappa shape index (κ2) is 5.19. The van der Waals surface area contributed by atoms with Gasteiger partial charge in [0.05, 0.1) is 29.0 Å². The first kappa shape index (κ1) is 12.6. The van der Waals surface area contributed by atoms with Crippen molar-refractivity contribution in [3.8, 4) is 6.07 Å². The van der Waals surface area contributed by atoms with Gasteiger partial charge in [-0.1, -0.05) is 6.07 Å². The first-order valence-corrected chi connectivity index (χ1v) is 6.60. The van der Waals surface area contributed by atoms with Gasteiger partial charge in [-0.3, -0.25) is 0 Å². The fraction of sp³-hybridized carbons (Fsp3) is 0.286. The van der Waals surface area contributed by atoms with Crippen LogP contribution in [-0.2, 0) is 6.54 Å². The lowest BCUT2D eigenvalue weighted by Crippen LogP contribution is -2.17. The molecule has 0 fully saturated rings. The number of aryl methyl sites for hydroxylation is 2. The van der Waals surface area contributed by atoms with Crippen molar-refractivity contribution < 1.29 is 0 Å². The molecule has 3 nitrogen and oxygen atoms in total. The Morgan fingerprint density at radius 3 is 2.78 bits per heavy atom. The zero-order chi connectivity index (χ0) is 13.1. The summed E-state index contributed by atoms with van der Waals surface area (Å²) >= 11 is 1.65. The van der Waals surface area contributed by atoms with Gasteiger partial charge in [0.2, 0.25) is 0 Å². The summed E-state index contributed by atoms with van der Waals surface area (Å²) in [7, 11) is 2.00. The van der Waals surface area contributed by atoms with E-state index >= 15 is 0 Å². The van der Waals surface area contributed by atoms with Crippen molar-refractivity contribution >= 4 is 17.0 Å². The third-order valence-corrected chi connectivity index (χ3v) is 3.83. The van der Waals surface area contributed by atoms with Gasteiger partial charge in [0.25, 0.3) is 0 Å². The Hall–Kier alpha value is -1.86. The molecular formula is C14H15N3S. The highest BCUT2D eigenvalue weighted by Gasteiger charge is 2.10. The van der Waals surface area contributed by atoms with Crippen molar-refractivity contribution in [2.75, 3.05) is 11.9 Å². The molecule has 0 aliphatic rings. The van der Waals surface area contributed by atoms with Crippen LogP contribution in [0.1, 0.15) is 21.7 Å². The largest absolute Gasteiger partial charge is 0.368 e. The summed E-state index contributed by atoms with van der Waals surface area (Å²) in [5, 5.41) is 9.19. The topological polar surface area (TPSA) is 39.9 Å². The number of rotatable bonds is 3. The number of hydrogen-bond acceptors (Lipinski definition) is 4. The molecule has 0 spiro atoms. The molecule has 0 N–H and O–H groups in total. The van der Waals surface area contributed by atoms with Crippen molar-refractivity contribution in [3.05, 3.63) is 45.4 Å². The minimum Gasteiger partial charge on any atom is -0.368 e. The van der Waals surface area contributed by atoms with Crippen LogP contribution < -0.4 is 4.90 Å². The highest BCUT2D eigenvalue weighted by molar-refractivity contribution is 7.09. The van der Waals surface area contributed by atoms with E-state index in [-0.39, 0.29) is 0 Å². The summed E-state index contributed by atoms with van der Waals surface area (Å²) in [6, 6.07) is 8.22. The van der Waals surface area contributed by atoms with Gasteiger partial charge in [0, 0.05) is 11.9 Å². The lowest BCUT2D eigenvalue weighted by atomic mass is 10.1. The third kappa shape index (κ3) is 2.52. The van der Waals surface area contributed by atoms with E-state index in [1.165, 1.54) is 4.88 Å². The van der Waals surface area contributed by atoms with Crippen LogP contribution in [0.4, 0.5) is 5.69 Å². The molecule has 2 rings (SSSR count). The Morgan fingerprint density at radius 2 is 2.17 bits per heavy atom. The summed E-state index contributed by atoms with van der Waals surface area (Å²) in [6.07, 6.45) is 0. The molecule has 1 aromatic heterocycles. The van der Waals surface area contributed by atoms with E-state index in [1.807, 2.05) is 44.6 Å². The normalized spacial score (nSPS) is 10.1. The first-order chi connectivity index (χ1) is 8.61. The molecule has 0 aliphatic heterocycles. The van der Waals surface area contributed by atoms with E-state index in [1.54, 1.807) is 11.3 Å². The van der Waals surface area contributed by atoms with E-state index in [0.717, 1.165) is 29.1 Å². The van der Waals surface area contributed by atoms with Crippen LogP contribution in [0.2, 0.25) is 0 Å². The second-order valence-corrected chi connectivity index (χ2v) is 5.29. The highest BCUT2D eigenvalue weighted by atomic mass is 32.1. The first-order valence-electron chi connectivity index (χ1n) is 5.72. The predicted octanol–water partition coefficient (Wildman–Crippen LogP) is 3.27. The van der Waals surface area contributed by atoms with Gasteiger partial charge in [0.15, 0.2) is 0 Å². The maximum atomic E-state index is 9.19. The Labute approximate surface area is 111 Å². The molecule has 0 aliphatic carbocycles. The molecule has 0 amide bonds. The van der Waals surface area contributed by atoms with E-state index in [9.17, 15) is 5.26 Å². The zero-order valence-electron chi connectivity index (χ0n) is 10.8. The molecule has 18 heavy (non-hydrogen) atoms. The van der Waals surface area contributed by atoms with Gasteiger partial charge in [-0.05, 0) is 31.5 Å². The van der Waals surface area contributed by atoms with Crippen LogP contribution in [0.25, 0.3) is 0 Å². The molecule has 0 atom stereocenters. The van der Waals surface area contributed by atoms with Gasteiger partial charge in [0.1, 0.15) is 6.07 Å². The number of benzene rings is 1. The number of thiazole rings is 1. The highest BCUT2D eigenvalue weighted by Crippen LogP contribution is 2.23. The molecule has 1 aromatic carbocycles. The minimum atomic E-state index is 0.722. The minimum absolute atomic E-state index is 0.722. The Kier molecular flexibility index (Phi) is 3.63. The number of anilines is 1. The SMILES string of the molecule is Cc1ccc(N(C)Cc2scnc2C)c(C#N)c1. The van der Waals surface area contributed by atoms with Crippen LogP contribution >= 0.6 is 11.3 Å². The van der Waals surface area contributed by atoms with Crippen LogP contribution in [0.5, 0.6) is 0 Å². The average molecular weight is 257 g/mol.